The van der Waals surface area contributed by atoms with Crippen molar-refractivity contribution in [1.82, 2.24) is 9.88 Å². The molecule has 34 heavy (non-hydrogen) atoms. The van der Waals surface area contributed by atoms with Crippen molar-refractivity contribution in [3.63, 3.8) is 0 Å². The number of amides is 3. The fourth-order valence-electron chi connectivity index (χ4n) is 3.37. The Balaban J connectivity index is 1.72. The van der Waals surface area contributed by atoms with Crippen LogP contribution in [0.15, 0.2) is 54.7 Å². The van der Waals surface area contributed by atoms with Gasteiger partial charge in [-0.15, -0.1) is 0 Å². The fourth-order valence-corrected chi connectivity index (χ4v) is 3.37. The number of pyridine rings is 1. The fraction of sp³-hybridized carbons (Fsp3) is 0.208. The van der Waals surface area contributed by atoms with Crippen molar-refractivity contribution in [1.29, 1.82) is 0 Å². The number of nitrogens with zero attached hydrogens (tertiary/aromatic N) is 2. The van der Waals surface area contributed by atoms with E-state index in [0.717, 1.165) is 11.1 Å². The molecule has 0 aliphatic carbocycles. The van der Waals surface area contributed by atoms with Gasteiger partial charge in [0.2, 0.25) is 5.75 Å². The average Bonchev–Trinajstić information content (AvgIpc) is 2.83. The Hall–Kier alpha value is -4.47. The first-order chi connectivity index (χ1) is 16.3. The van der Waals surface area contributed by atoms with E-state index in [2.05, 4.69) is 10.3 Å². The van der Waals surface area contributed by atoms with Crippen LogP contribution < -0.4 is 31.0 Å². The monoisotopic (exact) mass is 465 g/mol. The summed E-state index contributed by atoms with van der Waals surface area (Å²) < 4.78 is 16.1. The molecule has 3 amide bonds. The number of hydrogen-bond donors (Lipinski definition) is 3. The quantitative estimate of drug-likeness (QED) is 0.441. The lowest BCUT2D eigenvalue weighted by atomic mass is 10.1. The summed E-state index contributed by atoms with van der Waals surface area (Å²) in [6.07, 6.45) is 1.51. The van der Waals surface area contributed by atoms with Crippen LogP contribution in [0.25, 0.3) is 0 Å². The van der Waals surface area contributed by atoms with Crippen molar-refractivity contribution in [2.45, 2.75) is 13.1 Å². The number of primary amides is 1. The molecule has 0 radical (unpaired) electrons. The highest BCUT2D eigenvalue weighted by atomic mass is 16.5. The number of carbonyl (C=O) groups is 2. The molecule has 5 N–H and O–H groups in total. The van der Waals surface area contributed by atoms with Gasteiger partial charge < -0.3 is 35.9 Å². The maximum atomic E-state index is 12.5. The van der Waals surface area contributed by atoms with Crippen LogP contribution in [-0.4, -0.2) is 43.2 Å². The van der Waals surface area contributed by atoms with Crippen LogP contribution in [-0.2, 0) is 13.1 Å². The van der Waals surface area contributed by atoms with Gasteiger partial charge in [0.1, 0.15) is 5.82 Å². The summed E-state index contributed by atoms with van der Waals surface area (Å²) in [5, 5.41) is 2.76. The molecule has 0 spiro atoms. The van der Waals surface area contributed by atoms with Gasteiger partial charge >= 0.3 is 6.03 Å². The summed E-state index contributed by atoms with van der Waals surface area (Å²) in [4.78, 5) is 30.0. The van der Waals surface area contributed by atoms with Crippen LogP contribution in [0.2, 0.25) is 0 Å². The van der Waals surface area contributed by atoms with Gasteiger partial charge in [-0.2, -0.15) is 0 Å². The van der Waals surface area contributed by atoms with E-state index in [1.165, 1.54) is 32.4 Å². The number of nitrogens with one attached hydrogen (secondary N) is 1. The van der Waals surface area contributed by atoms with E-state index < -0.39 is 6.03 Å². The Labute approximate surface area is 197 Å². The second kappa shape index (κ2) is 10.9. The summed E-state index contributed by atoms with van der Waals surface area (Å²) >= 11 is 0. The molecule has 3 rings (SSSR count). The largest absolute Gasteiger partial charge is 0.493 e. The van der Waals surface area contributed by atoms with Gasteiger partial charge in [0.05, 0.1) is 21.3 Å². The summed E-state index contributed by atoms with van der Waals surface area (Å²) in [7, 11) is 4.56. The second-order valence-corrected chi connectivity index (χ2v) is 7.35. The van der Waals surface area contributed by atoms with Crippen LogP contribution >= 0.6 is 0 Å². The standard InChI is InChI=1S/C24H27N5O5/c1-32-19-10-16(11-20(33-2)22(19)34-3)14-29(24(26)31)13-15-4-6-17(7-5-15)23(30)28-18-8-9-27-21(25)12-18/h4-12H,13-14H2,1-3H3,(H2,26,31)(H3,25,27,28,30). The molecule has 0 unspecified atom stereocenters. The zero-order valence-electron chi connectivity index (χ0n) is 19.2. The van der Waals surface area contributed by atoms with Crippen molar-refractivity contribution >= 4 is 23.4 Å². The molecule has 1 aromatic heterocycles. The lowest BCUT2D eigenvalue weighted by Gasteiger charge is -2.22. The number of methoxy groups -OCH3 is 3. The molecule has 0 atom stereocenters. The van der Waals surface area contributed by atoms with Crippen molar-refractivity contribution in [2.75, 3.05) is 32.4 Å². The molecule has 10 heteroatoms. The zero-order chi connectivity index (χ0) is 24.7. The highest BCUT2D eigenvalue weighted by molar-refractivity contribution is 6.04. The predicted molar refractivity (Wildman–Crippen MR) is 128 cm³/mol. The van der Waals surface area contributed by atoms with E-state index in [0.29, 0.717) is 34.3 Å². The molecule has 0 saturated carbocycles. The SMILES string of the molecule is COc1cc(CN(Cc2ccc(C(=O)Nc3ccnc(N)c3)cc2)C(N)=O)cc(OC)c1OC. The first kappa shape index (κ1) is 24.2. The maximum absolute atomic E-state index is 12.5. The third kappa shape index (κ3) is 5.85. The van der Waals surface area contributed by atoms with Gasteiger partial charge in [-0.3, -0.25) is 4.79 Å². The minimum atomic E-state index is -0.592. The average molecular weight is 466 g/mol. The predicted octanol–water partition coefficient (Wildman–Crippen LogP) is 3.02. The molecule has 3 aromatic rings. The molecule has 0 aliphatic rings. The number of anilines is 2. The Morgan fingerprint density at radius 1 is 0.912 bits per heavy atom. The van der Waals surface area contributed by atoms with Gasteiger partial charge in [0.25, 0.3) is 5.91 Å². The van der Waals surface area contributed by atoms with Crippen LogP contribution in [0.4, 0.5) is 16.3 Å². The Morgan fingerprint density at radius 3 is 2.06 bits per heavy atom. The maximum Gasteiger partial charge on any atom is 0.315 e. The number of aromatic nitrogens is 1. The van der Waals surface area contributed by atoms with E-state index >= 15 is 0 Å². The van der Waals surface area contributed by atoms with Crippen LogP contribution in [0.1, 0.15) is 21.5 Å². The highest BCUT2D eigenvalue weighted by Gasteiger charge is 2.17. The summed E-state index contributed by atoms with van der Waals surface area (Å²) in [5.74, 6) is 1.44. The number of hydrogen-bond acceptors (Lipinski definition) is 7. The van der Waals surface area contributed by atoms with Crippen LogP contribution in [0.5, 0.6) is 17.2 Å². The van der Waals surface area contributed by atoms with Crippen LogP contribution in [0.3, 0.4) is 0 Å². The third-order valence-corrected chi connectivity index (χ3v) is 5.04. The van der Waals surface area contributed by atoms with Gasteiger partial charge in [0, 0.05) is 36.6 Å². The Kier molecular flexibility index (Phi) is 7.75. The Morgan fingerprint density at radius 2 is 1.53 bits per heavy atom. The van der Waals surface area contributed by atoms with E-state index in [-0.39, 0.29) is 19.0 Å². The number of urea groups is 1. The van der Waals surface area contributed by atoms with Gasteiger partial charge in [-0.1, -0.05) is 12.1 Å². The minimum Gasteiger partial charge on any atom is -0.493 e. The molecule has 0 fully saturated rings. The van der Waals surface area contributed by atoms with Gasteiger partial charge in [0.15, 0.2) is 11.5 Å². The summed E-state index contributed by atoms with van der Waals surface area (Å²) in [6.45, 7) is 0.465. The molecule has 0 bridgehead atoms. The normalized spacial score (nSPS) is 10.3. The summed E-state index contributed by atoms with van der Waals surface area (Å²) in [5.41, 5.74) is 13.8. The second-order valence-electron chi connectivity index (χ2n) is 7.35. The smallest absolute Gasteiger partial charge is 0.315 e. The number of benzene rings is 2. The molecule has 10 nitrogen and oxygen atoms in total. The van der Waals surface area contributed by atoms with Crippen molar-refractivity contribution in [3.8, 4) is 17.2 Å². The van der Waals surface area contributed by atoms with Gasteiger partial charge in [-0.25, -0.2) is 9.78 Å². The minimum absolute atomic E-state index is 0.220. The number of nitrogen functional groups attached to an aromatic ring is 1. The summed E-state index contributed by atoms with van der Waals surface area (Å²) in [6, 6.07) is 13.0. The highest BCUT2D eigenvalue weighted by Crippen LogP contribution is 2.38. The number of ether oxygens (including phenoxy) is 3. The molecule has 1 heterocycles. The molecular formula is C24H27N5O5. The molecule has 0 saturated heterocycles. The van der Waals surface area contributed by atoms with E-state index in [9.17, 15) is 9.59 Å². The van der Waals surface area contributed by atoms with Crippen LogP contribution in [0, 0.1) is 0 Å². The lowest BCUT2D eigenvalue weighted by molar-refractivity contribution is 0.102. The third-order valence-electron chi connectivity index (χ3n) is 5.04. The van der Waals surface area contributed by atoms with E-state index in [1.54, 1.807) is 48.5 Å². The molecule has 178 valence electrons. The van der Waals surface area contributed by atoms with Crippen molar-refractivity contribution < 1.29 is 23.8 Å². The first-order valence-electron chi connectivity index (χ1n) is 10.3. The first-order valence-corrected chi connectivity index (χ1v) is 10.3. The van der Waals surface area contributed by atoms with Gasteiger partial charge in [-0.05, 0) is 41.5 Å². The number of nitrogens with two attached hydrogens (primary N) is 2. The zero-order valence-corrected chi connectivity index (χ0v) is 19.2. The topological polar surface area (TPSA) is 142 Å². The van der Waals surface area contributed by atoms with Crippen molar-refractivity contribution in [2.24, 2.45) is 5.73 Å². The van der Waals surface area contributed by atoms with E-state index in [4.69, 9.17) is 25.7 Å². The molecule has 0 aliphatic heterocycles. The molecule has 2 aromatic carbocycles. The number of carbonyl (C=O) groups excluding carboxylic acids is 2. The number of rotatable bonds is 9. The molecular weight excluding hydrogens is 438 g/mol. The lowest BCUT2D eigenvalue weighted by Crippen LogP contribution is -2.34. The Bertz CT molecular complexity index is 1140. The van der Waals surface area contributed by atoms with Crippen molar-refractivity contribution in [3.05, 3.63) is 71.4 Å². The van der Waals surface area contributed by atoms with E-state index in [1.807, 2.05) is 0 Å².